The van der Waals surface area contributed by atoms with Crippen LogP contribution >= 0.6 is 11.6 Å². The molecule has 1 aromatic heterocycles. The van der Waals surface area contributed by atoms with Gasteiger partial charge >= 0.3 is 0 Å². The minimum Gasteiger partial charge on any atom is -0.593 e. The van der Waals surface area contributed by atoms with Crippen molar-refractivity contribution in [3.05, 3.63) is 70.8 Å². The van der Waals surface area contributed by atoms with Crippen LogP contribution in [0.4, 0.5) is 5.69 Å². The van der Waals surface area contributed by atoms with Crippen molar-refractivity contribution in [2.45, 2.75) is 37.2 Å². The molecule has 0 fully saturated rings. The number of benzene rings is 2. The standard InChI is InChI=1S/C20H20ClN5O3S/c1-13-6-8-14(9-7-13)23-20(27)16-10-11-18-24-25-19(26(16)18)12-22-30(28,29)17-5-3-2-4-15(17)21/h2-9,16H,10-12H2,1H3,(H2-,22,23,27,28,29). The maximum atomic E-state index is 12.8. The van der Waals surface area contributed by atoms with Gasteiger partial charge in [0, 0.05) is 12.1 Å². The molecule has 1 amide bonds. The number of carbonyl (C=O) groups excluding carboxylic acids is 1. The lowest BCUT2D eigenvalue weighted by molar-refractivity contribution is -0.119. The number of sulfonamides is 1. The first-order chi connectivity index (χ1) is 14.3. The van der Waals surface area contributed by atoms with Crippen LogP contribution in [0.3, 0.4) is 0 Å². The fourth-order valence-corrected chi connectivity index (χ4v) is 4.91. The predicted molar refractivity (Wildman–Crippen MR) is 113 cm³/mol. The molecule has 2 N–H and O–H groups in total. The third-order valence-corrected chi connectivity index (χ3v) is 6.86. The maximum Gasteiger partial charge on any atom is 0.247 e. The van der Waals surface area contributed by atoms with Gasteiger partial charge in [0.25, 0.3) is 0 Å². The molecule has 0 radical (unpaired) electrons. The molecule has 0 saturated heterocycles. The Bertz CT molecular complexity index is 1130. The fraction of sp³-hybridized carbons (Fsp3) is 0.250. The molecule has 1 aliphatic heterocycles. The second-order valence-corrected chi connectivity index (χ2v) is 9.21. The Balaban J connectivity index is 1.50. The van der Waals surface area contributed by atoms with Crippen LogP contribution in [-0.2, 0) is 32.4 Å². The topological polar surface area (TPSA) is 112 Å². The van der Waals surface area contributed by atoms with Crippen LogP contribution in [0, 0.1) is 6.92 Å². The van der Waals surface area contributed by atoms with Crippen LogP contribution in [0.1, 0.15) is 29.7 Å². The number of aromatic nitrogens is 3. The molecule has 2 unspecified atom stereocenters. The van der Waals surface area contributed by atoms with Crippen molar-refractivity contribution < 1.29 is 13.6 Å². The second-order valence-electron chi connectivity index (χ2n) is 7.07. The number of fused-ring (bicyclic) bond motifs is 1. The molecule has 0 bridgehead atoms. The van der Waals surface area contributed by atoms with Crippen LogP contribution in [0.25, 0.3) is 0 Å². The van der Waals surface area contributed by atoms with Crippen LogP contribution < -0.4 is 10.0 Å². The van der Waals surface area contributed by atoms with Gasteiger partial charge in [-0.2, -0.15) is 0 Å². The molecule has 8 nitrogen and oxygen atoms in total. The number of nitrogens with zero attached hydrogens (tertiary/aromatic N) is 3. The van der Waals surface area contributed by atoms with Crippen molar-refractivity contribution >= 4 is 33.6 Å². The minimum atomic E-state index is -3.84. The summed E-state index contributed by atoms with van der Waals surface area (Å²) in [5, 5.41) is 11.2. The summed E-state index contributed by atoms with van der Waals surface area (Å²) in [7, 11) is -3.84. The lowest BCUT2D eigenvalue weighted by Crippen LogP contribution is -2.32. The van der Waals surface area contributed by atoms with E-state index in [4.69, 9.17) is 11.6 Å². The molecule has 30 heavy (non-hydrogen) atoms. The van der Waals surface area contributed by atoms with Crippen LogP contribution in [-0.4, -0.2) is 25.2 Å². The first-order valence-electron chi connectivity index (χ1n) is 9.39. The average Bonchev–Trinajstić information content (AvgIpc) is 3.31. The Morgan fingerprint density at radius 1 is 1.23 bits per heavy atom. The summed E-state index contributed by atoms with van der Waals surface area (Å²) in [4.78, 5) is 12.8. The Kier molecular flexibility index (Phi) is 5.70. The van der Waals surface area contributed by atoms with E-state index in [1.807, 2.05) is 31.2 Å². The molecule has 3 aromatic rings. The highest BCUT2D eigenvalue weighted by Gasteiger charge is 2.33. The first-order valence-corrected chi connectivity index (χ1v) is 11.3. The highest BCUT2D eigenvalue weighted by molar-refractivity contribution is 7.95. The van der Waals surface area contributed by atoms with Crippen molar-refractivity contribution in [1.82, 2.24) is 19.5 Å². The summed E-state index contributed by atoms with van der Waals surface area (Å²) in [6.45, 7) is 1.87. The van der Waals surface area contributed by atoms with E-state index < -0.39 is 16.4 Å². The van der Waals surface area contributed by atoms with E-state index in [2.05, 4.69) is 20.2 Å². The number of rotatable bonds is 6. The number of hydrogen-bond donors (Lipinski definition) is 2. The zero-order valence-corrected chi connectivity index (χ0v) is 17.7. The van der Waals surface area contributed by atoms with Gasteiger partial charge in [-0.15, -0.1) is 14.9 Å². The van der Waals surface area contributed by atoms with Gasteiger partial charge in [0.2, 0.25) is 5.91 Å². The van der Waals surface area contributed by atoms with Gasteiger partial charge < -0.3 is 14.4 Å². The lowest BCUT2D eigenvalue weighted by Gasteiger charge is -2.18. The Morgan fingerprint density at radius 2 is 1.97 bits per heavy atom. The second kappa shape index (κ2) is 8.27. The number of aryl methyl sites for hydroxylation is 2. The van der Waals surface area contributed by atoms with Gasteiger partial charge in [-0.25, -0.2) is 0 Å². The van der Waals surface area contributed by atoms with Crippen LogP contribution in [0.2, 0.25) is 5.02 Å². The summed E-state index contributed by atoms with van der Waals surface area (Å²) in [6, 6.07) is 13.2. The number of amides is 1. The molecule has 2 heterocycles. The van der Waals surface area contributed by atoms with E-state index in [9.17, 15) is 13.6 Å². The number of hydrogen-bond acceptors (Lipinski definition) is 5. The van der Waals surface area contributed by atoms with E-state index in [1.54, 1.807) is 16.7 Å². The third-order valence-electron chi connectivity index (χ3n) is 4.96. The zero-order valence-electron chi connectivity index (χ0n) is 16.2. The normalized spacial score (nSPS) is 17.4. The van der Waals surface area contributed by atoms with Gasteiger partial charge in [-0.3, -0.25) is 4.79 Å². The van der Waals surface area contributed by atoms with Crippen LogP contribution in [0.5, 0.6) is 0 Å². The van der Waals surface area contributed by atoms with Gasteiger partial charge in [-0.1, -0.05) is 45.6 Å². The molecule has 4 rings (SSSR count). The van der Waals surface area contributed by atoms with E-state index >= 15 is 0 Å². The quantitative estimate of drug-likeness (QED) is 0.566. The lowest BCUT2D eigenvalue weighted by atomic mass is 10.2. The van der Waals surface area contributed by atoms with Crippen molar-refractivity contribution in [2.24, 2.45) is 0 Å². The van der Waals surface area contributed by atoms with E-state index in [1.165, 1.54) is 12.1 Å². The Hall–Kier alpha value is -2.59. The molecular formula is C20H20ClN5O3S. The predicted octanol–water partition coefficient (Wildman–Crippen LogP) is 3.06. The molecule has 0 spiro atoms. The van der Waals surface area contributed by atoms with E-state index in [0.29, 0.717) is 30.2 Å². The molecule has 10 heteroatoms. The molecule has 1 aliphatic rings. The minimum absolute atomic E-state index is 0.0125. The summed E-state index contributed by atoms with van der Waals surface area (Å²) in [6.07, 6.45) is 1.17. The van der Waals surface area contributed by atoms with Gasteiger partial charge in [-0.05, 0) is 37.6 Å². The molecule has 2 aromatic carbocycles. The number of halogens is 1. The highest BCUT2D eigenvalue weighted by Crippen LogP contribution is 2.28. The largest absolute Gasteiger partial charge is 0.593 e. The monoisotopic (exact) mass is 445 g/mol. The maximum absolute atomic E-state index is 12.8. The number of nitrogens with one attached hydrogen (secondary N) is 2. The molecule has 2 atom stereocenters. The number of anilines is 1. The summed E-state index contributed by atoms with van der Waals surface area (Å²) in [5.41, 5.74) is 1.80. The highest BCUT2D eigenvalue weighted by atomic mass is 35.5. The molecular weight excluding hydrogens is 426 g/mol. The van der Waals surface area contributed by atoms with Crippen molar-refractivity contribution in [2.75, 3.05) is 5.32 Å². The van der Waals surface area contributed by atoms with Gasteiger partial charge in [0.1, 0.15) is 18.4 Å². The summed E-state index contributed by atoms with van der Waals surface area (Å²) >= 11 is 6.01. The summed E-state index contributed by atoms with van der Waals surface area (Å²) in [5.74, 6) is 0.848. The zero-order chi connectivity index (χ0) is 21.3. The van der Waals surface area contributed by atoms with E-state index in [0.717, 1.165) is 5.56 Å². The first kappa shape index (κ1) is 20.7. The van der Waals surface area contributed by atoms with E-state index in [-0.39, 0.29) is 22.4 Å². The Morgan fingerprint density at radius 3 is 2.70 bits per heavy atom. The van der Waals surface area contributed by atoms with Crippen molar-refractivity contribution in [3.63, 3.8) is 0 Å². The average molecular weight is 446 g/mol. The molecule has 0 aliphatic carbocycles. The third kappa shape index (κ3) is 4.15. The summed E-state index contributed by atoms with van der Waals surface area (Å²) < 4.78 is 29.4. The number of carbonyl (C=O) groups is 1. The Labute approximate surface area is 180 Å². The van der Waals surface area contributed by atoms with Crippen LogP contribution in [0.15, 0.2) is 53.4 Å². The smallest absolute Gasteiger partial charge is 0.247 e. The fourth-order valence-electron chi connectivity index (χ4n) is 3.42. The van der Waals surface area contributed by atoms with Gasteiger partial charge in [0.15, 0.2) is 21.1 Å². The SMILES string of the molecule is Cc1ccc(NC(=O)C2CCc3nnc(CN[S+](=O)([O-])c4ccccc4Cl)n32)cc1. The van der Waals surface area contributed by atoms with Crippen molar-refractivity contribution in [3.8, 4) is 0 Å². The van der Waals surface area contributed by atoms with Gasteiger partial charge in [0.05, 0.1) is 5.02 Å². The molecule has 156 valence electrons. The van der Waals surface area contributed by atoms with Crippen molar-refractivity contribution in [1.29, 1.82) is 0 Å². The molecule has 0 saturated carbocycles.